The van der Waals surface area contributed by atoms with E-state index in [1.165, 1.54) is 0 Å². The number of esters is 1. The molecular formula is C16H22F3NO4. The number of hydrogen-bond acceptors (Lipinski definition) is 4. The number of amides is 1. The predicted molar refractivity (Wildman–Crippen MR) is 79.1 cm³/mol. The second-order valence-corrected chi connectivity index (χ2v) is 6.85. The molecule has 0 unspecified atom stereocenters. The third-order valence-corrected chi connectivity index (χ3v) is 4.95. The minimum atomic E-state index is -4.57. The molecule has 0 heterocycles. The molecule has 1 amide bonds. The molecule has 1 fully saturated rings. The van der Waals surface area contributed by atoms with Gasteiger partial charge in [0.2, 0.25) is 0 Å². The first-order chi connectivity index (χ1) is 11.1. The van der Waals surface area contributed by atoms with Crippen LogP contribution in [0.15, 0.2) is 11.6 Å². The molecule has 24 heavy (non-hydrogen) atoms. The summed E-state index contributed by atoms with van der Waals surface area (Å²) >= 11 is 0. The topological polar surface area (TPSA) is 64.6 Å². The van der Waals surface area contributed by atoms with E-state index in [1.54, 1.807) is 0 Å². The lowest BCUT2D eigenvalue weighted by atomic mass is 9.49. The lowest BCUT2D eigenvalue weighted by Gasteiger charge is -2.56. The maximum Gasteiger partial charge on any atom is 0.422 e. The van der Waals surface area contributed by atoms with Crippen molar-refractivity contribution in [3.63, 3.8) is 0 Å². The highest BCUT2D eigenvalue weighted by atomic mass is 19.4. The van der Waals surface area contributed by atoms with Crippen LogP contribution >= 0.6 is 0 Å². The summed E-state index contributed by atoms with van der Waals surface area (Å²) in [5.41, 5.74) is 1.38. The number of ether oxygens (including phenoxy) is 2. The van der Waals surface area contributed by atoms with Gasteiger partial charge in [-0.25, -0.2) is 4.79 Å². The quantitative estimate of drug-likeness (QED) is 0.591. The Kier molecular flexibility index (Phi) is 5.45. The first-order valence-electron chi connectivity index (χ1n) is 7.91. The van der Waals surface area contributed by atoms with Crippen LogP contribution in [-0.4, -0.2) is 38.0 Å². The summed E-state index contributed by atoms with van der Waals surface area (Å²) in [7, 11) is 0. The Balaban J connectivity index is 1.61. The molecule has 136 valence electrons. The van der Waals surface area contributed by atoms with Gasteiger partial charge in [0.25, 0.3) is 0 Å². The Morgan fingerprint density at radius 2 is 2.04 bits per heavy atom. The van der Waals surface area contributed by atoms with Gasteiger partial charge in [0.15, 0.2) is 6.61 Å². The molecule has 0 radical (unpaired) electrons. The van der Waals surface area contributed by atoms with Crippen LogP contribution in [0.2, 0.25) is 0 Å². The van der Waals surface area contributed by atoms with E-state index in [4.69, 9.17) is 4.74 Å². The van der Waals surface area contributed by atoms with Gasteiger partial charge in [-0.2, -0.15) is 13.2 Å². The van der Waals surface area contributed by atoms with E-state index in [2.05, 4.69) is 30.0 Å². The number of halogens is 3. The summed E-state index contributed by atoms with van der Waals surface area (Å²) in [5, 5.41) is 2.08. The van der Waals surface area contributed by atoms with E-state index in [0.29, 0.717) is 11.8 Å². The van der Waals surface area contributed by atoms with Crippen LogP contribution in [-0.2, 0) is 14.3 Å². The minimum Gasteiger partial charge on any atom is -0.461 e. The molecule has 2 bridgehead atoms. The lowest BCUT2D eigenvalue weighted by Crippen LogP contribution is -2.48. The van der Waals surface area contributed by atoms with Gasteiger partial charge in [-0.1, -0.05) is 19.9 Å². The maximum atomic E-state index is 11.8. The van der Waals surface area contributed by atoms with Crippen molar-refractivity contribution >= 4 is 12.1 Å². The largest absolute Gasteiger partial charge is 0.461 e. The fraction of sp³-hybridized carbons (Fsp3) is 0.750. The first-order valence-corrected chi connectivity index (χ1v) is 7.91. The van der Waals surface area contributed by atoms with E-state index < -0.39 is 24.8 Å². The van der Waals surface area contributed by atoms with Crippen molar-refractivity contribution in [3.8, 4) is 0 Å². The zero-order chi connectivity index (χ0) is 18.0. The molecule has 1 N–H and O–H groups in total. The normalized spacial score (nSPS) is 24.5. The Hall–Kier alpha value is -1.73. The molecule has 3 rings (SSSR count). The number of rotatable bonds is 6. The molecule has 0 aliphatic heterocycles. The molecule has 0 aromatic heterocycles. The maximum absolute atomic E-state index is 11.8. The number of hydrogen-bond donors (Lipinski definition) is 1. The molecule has 3 aliphatic rings. The number of fused-ring (bicyclic) bond motifs is 1. The Bertz CT molecular complexity index is 528. The van der Waals surface area contributed by atoms with Crippen LogP contribution in [0.4, 0.5) is 18.0 Å². The van der Waals surface area contributed by atoms with E-state index >= 15 is 0 Å². The van der Waals surface area contributed by atoms with Crippen LogP contribution in [0.25, 0.3) is 0 Å². The van der Waals surface area contributed by atoms with Gasteiger partial charge in [-0.3, -0.25) is 4.79 Å². The highest BCUT2D eigenvalue weighted by Crippen LogP contribution is 2.59. The smallest absolute Gasteiger partial charge is 0.422 e. The second kappa shape index (κ2) is 7.03. The SMILES string of the molecule is CC1(C)[C@H]2CC=C(COC(=O)CCNC(=O)OCC(F)(F)F)[C@@H]1C2. The second-order valence-electron chi connectivity index (χ2n) is 6.85. The number of alkyl halides is 3. The molecule has 0 aromatic rings. The Morgan fingerprint density at radius 3 is 2.62 bits per heavy atom. The van der Waals surface area contributed by atoms with Crippen LogP contribution in [0.1, 0.15) is 33.1 Å². The zero-order valence-electron chi connectivity index (χ0n) is 13.7. The van der Waals surface area contributed by atoms with Crippen LogP contribution in [0.5, 0.6) is 0 Å². The summed E-state index contributed by atoms with van der Waals surface area (Å²) in [6, 6.07) is 0. The van der Waals surface area contributed by atoms with Crippen LogP contribution < -0.4 is 5.32 Å². The molecule has 2 atom stereocenters. The van der Waals surface area contributed by atoms with Gasteiger partial charge < -0.3 is 14.8 Å². The summed E-state index contributed by atoms with van der Waals surface area (Å²) < 4.78 is 44.7. The summed E-state index contributed by atoms with van der Waals surface area (Å²) in [6.45, 7) is 2.88. The van der Waals surface area contributed by atoms with Crippen molar-refractivity contribution in [2.24, 2.45) is 17.3 Å². The van der Waals surface area contributed by atoms with E-state index in [0.717, 1.165) is 18.4 Å². The van der Waals surface area contributed by atoms with Crippen LogP contribution in [0, 0.1) is 17.3 Å². The Labute approximate surface area is 138 Å². The predicted octanol–water partition coefficient (Wildman–Crippen LogP) is 3.20. The molecule has 0 saturated heterocycles. The van der Waals surface area contributed by atoms with Crippen molar-refractivity contribution in [3.05, 3.63) is 11.6 Å². The minimum absolute atomic E-state index is 0.120. The van der Waals surface area contributed by atoms with Gasteiger partial charge in [-0.05, 0) is 35.7 Å². The molecule has 8 heteroatoms. The number of alkyl carbamates (subject to hydrolysis) is 1. The van der Waals surface area contributed by atoms with Gasteiger partial charge >= 0.3 is 18.2 Å². The highest BCUT2D eigenvalue weighted by molar-refractivity contribution is 5.72. The Morgan fingerprint density at radius 1 is 1.33 bits per heavy atom. The van der Waals surface area contributed by atoms with Gasteiger partial charge in [0.1, 0.15) is 6.61 Å². The fourth-order valence-electron chi connectivity index (χ4n) is 3.34. The number of carbonyl (C=O) groups excluding carboxylic acids is 2. The van der Waals surface area contributed by atoms with Crippen molar-refractivity contribution in [1.29, 1.82) is 0 Å². The van der Waals surface area contributed by atoms with Crippen molar-refractivity contribution in [2.45, 2.75) is 39.3 Å². The number of carbonyl (C=O) groups is 2. The van der Waals surface area contributed by atoms with E-state index in [1.807, 2.05) is 0 Å². The molecular weight excluding hydrogens is 327 g/mol. The lowest BCUT2D eigenvalue weighted by molar-refractivity contribution is -0.160. The summed E-state index contributed by atoms with van der Waals surface area (Å²) in [6.07, 6.45) is -1.64. The van der Waals surface area contributed by atoms with Crippen molar-refractivity contribution in [2.75, 3.05) is 19.8 Å². The van der Waals surface area contributed by atoms with Gasteiger partial charge in [0, 0.05) is 6.54 Å². The molecule has 5 nitrogen and oxygen atoms in total. The van der Waals surface area contributed by atoms with E-state index in [9.17, 15) is 22.8 Å². The van der Waals surface area contributed by atoms with Crippen LogP contribution in [0.3, 0.4) is 0 Å². The summed E-state index contributed by atoms with van der Waals surface area (Å²) in [5.74, 6) is 0.639. The summed E-state index contributed by atoms with van der Waals surface area (Å²) in [4.78, 5) is 22.6. The van der Waals surface area contributed by atoms with Crippen molar-refractivity contribution < 1.29 is 32.2 Å². The zero-order valence-corrected chi connectivity index (χ0v) is 13.7. The molecule has 0 spiro atoms. The average molecular weight is 349 g/mol. The van der Waals surface area contributed by atoms with Crippen molar-refractivity contribution in [1.82, 2.24) is 5.32 Å². The third kappa shape index (κ3) is 4.64. The molecule has 0 aromatic carbocycles. The monoisotopic (exact) mass is 349 g/mol. The van der Waals surface area contributed by atoms with Gasteiger partial charge in [-0.15, -0.1) is 0 Å². The van der Waals surface area contributed by atoms with Gasteiger partial charge in [0.05, 0.1) is 6.42 Å². The third-order valence-electron chi connectivity index (χ3n) is 4.95. The van der Waals surface area contributed by atoms with E-state index in [-0.39, 0.29) is 25.0 Å². The first kappa shape index (κ1) is 18.6. The highest BCUT2D eigenvalue weighted by Gasteiger charge is 2.51. The standard InChI is InChI=1S/C16H22F3NO4/c1-15(2)11-4-3-10(12(15)7-11)8-23-13(21)5-6-20-14(22)24-9-16(17,18)19/h3,11-12H,4-9H2,1-2H3,(H,20,22)/t11-,12-/m0/s1. The fourth-order valence-corrected chi connectivity index (χ4v) is 3.34. The number of allylic oxidation sites excluding steroid dienone is 1. The average Bonchev–Trinajstić information content (AvgIpc) is 2.50. The molecule has 1 saturated carbocycles. The number of nitrogens with one attached hydrogen (secondary N) is 1. The molecule has 3 aliphatic carbocycles.